The van der Waals surface area contributed by atoms with Crippen LogP contribution in [-0.2, 0) is 0 Å². The van der Waals surface area contributed by atoms with Crippen molar-refractivity contribution in [3.05, 3.63) is 53.2 Å². The molecule has 0 saturated carbocycles. The molecule has 2 amide bonds. The number of hydrogen-bond acceptors (Lipinski definition) is 7. The summed E-state index contributed by atoms with van der Waals surface area (Å²) in [4.78, 5) is 47.6. The Balaban J connectivity index is 1.18. The van der Waals surface area contributed by atoms with Gasteiger partial charge in [-0.15, -0.1) is 0 Å². The monoisotopic (exact) mass is 574 g/mol. The van der Waals surface area contributed by atoms with Gasteiger partial charge in [0, 0.05) is 60.1 Å². The van der Waals surface area contributed by atoms with Gasteiger partial charge < -0.3 is 26.2 Å². The molecule has 0 radical (unpaired) electrons. The summed E-state index contributed by atoms with van der Waals surface area (Å²) in [5, 5.41) is 6.64. The predicted octanol–water partition coefficient (Wildman–Crippen LogP) is 4.77. The van der Waals surface area contributed by atoms with Gasteiger partial charge >= 0.3 is 0 Å². The van der Waals surface area contributed by atoms with E-state index in [2.05, 4.69) is 34.3 Å². The summed E-state index contributed by atoms with van der Waals surface area (Å²) < 4.78 is 0. The van der Waals surface area contributed by atoms with Crippen LogP contribution in [0.3, 0.4) is 0 Å². The quantitative estimate of drug-likeness (QED) is 0.312. The van der Waals surface area contributed by atoms with Crippen LogP contribution in [0.25, 0.3) is 0 Å². The number of anilines is 2. The molecule has 0 aliphatic carbocycles. The van der Waals surface area contributed by atoms with Crippen LogP contribution in [0.2, 0.25) is 0 Å². The van der Waals surface area contributed by atoms with Crippen LogP contribution < -0.4 is 21.3 Å². The van der Waals surface area contributed by atoms with Gasteiger partial charge in [-0.1, -0.05) is 20.3 Å². The first-order chi connectivity index (χ1) is 20.4. The predicted molar refractivity (Wildman–Crippen MR) is 166 cm³/mol. The van der Waals surface area contributed by atoms with Gasteiger partial charge in [0.2, 0.25) is 0 Å². The van der Waals surface area contributed by atoms with E-state index in [0.717, 1.165) is 64.0 Å². The SMILES string of the molecule is CCC(CC)Nc1cc(C(=O)N[C@H]2C[C@H]3CC[C@@H](C2)N3c2ccc(C(=O)CCN3CCCCC3)cn2)ccc1C(N)=O. The fourth-order valence-corrected chi connectivity index (χ4v) is 6.96. The van der Waals surface area contributed by atoms with Gasteiger partial charge in [0.1, 0.15) is 5.82 Å². The molecule has 3 aliphatic rings. The van der Waals surface area contributed by atoms with E-state index in [0.29, 0.717) is 40.9 Å². The van der Waals surface area contributed by atoms with Crippen LogP contribution in [0.15, 0.2) is 36.5 Å². The largest absolute Gasteiger partial charge is 0.382 e. The number of likely N-dealkylation sites (tertiary alicyclic amines) is 1. The Morgan fingerprint density at radius 2 is 1.67 bits per heavy atom. The molecule has 3 atom stereocenters. The van der Waals surface area contributed by atoms with Gasteiger partial charge in [-0.25, -0.2) is 4.98 Å². The van der Waals surface area contributed by atoms with Gasteiger partial charge in [0.25, 0.3) is 11.8 Å². The minimum Gasteiger partial charge on any atom is -0.382 e. The molecule has 3 fully saturated rings. The zero-order valence-corrected chi connectivity index (χ0v) is 25.1. The average Bonchev–Trinajstić information content (AvgIpc) is 3.28. The van der Waals surface area contributed by atoms with Crippen LogP contribution in [0.5, 0.6) is 0 Å². The summed E-state index contributed by atoms with van der Waals surface area (Å²) in [6, 6.07) is 9.84. The van der Waals surface area contributed by atoms with Gasteiger partial charge in [-0.05, 0) is 94.8 Å². The lowest BCUT2D eigenvalue weighted by molar-refractivity contribution is 0.0924. The molecule has 1 aromatic carbocycles. The van der Waals surface area contributed by atoms with Crippen LogP contribution in [0.4, 0.5) is 11.5 Å². The van der Waals surface area contributed by atoms with E-state index >= 15 is 0 Å². The minimum atomic E-state index is -0.511. The van der Waals surface area contributed by atoms with E-state index in [9.17, 15) is 14.4 Å². The third-order valence-corrected chi connectivity index (χ3v) is 9.40. The molecule has 9 heteroatoms. The molecule has 42 heavy (non-hydrogen) atoms. The maximum atomic E-state index is 13.3. The van der Waals surface area contributed by atoms with Crippen molar-refractivity contribution in [1.82, 2.24) is 15.2 Å². The summed E-state index contributed by atoms with van der Waals surface area (Å²) in [6.45, 7) is 7.20. The number of nitrogens with one attached hydrogen (secondary N) is 2. The molecule has 5 rings (SSSR count). The number of hydrogen-bond donors (Lipinski definition) is 3. The van der Waals surface area contributed by atoms with E-state index in [1.165, 1.54) is 19.3 Å². The molecule has 2 aromatic rings. The standard InChI is InChI=1S/C33H46N6O3/c1-3-24(4-2)36-29-18-22(8-12-28(29)32(34)41)33(42)37-25-19-26-10-11-27(20-25)39(26)31-13-9-23(21-35-31)30(40)14-17-38-15-6-5-7-16-38/h8-9,12-13,18,21,24-27,36H,3-7,10-11,14-17,19-20H2,1-2H3,(H2,34,41)(H,37,42)/t25-,26+,27-. The lowest BCUT2D eigenvalue weighted by Crippen LogP contribution is -2.50. The number of aromatic nitrogens is 1. The fraction of sp³-hybridized carbons (Fsp3) is 0.576. The van der Waals surface area contributed by atoms with E-state index in [4.69, 9.17) is 10.7 Å². The molecule has 3 saturated heterocycles. The minimum absolute atomic E-state index is 0.0631. The third-order valence-electron chi connectivity index (χ3n) is 9.40. The second-order valence-corrected chi connectivity index (χ2v) is 12.2. The normalized spacial score (nSPS) is 22.3. The van der Waals surface area contributed by atoms with Crippen molar-refractivity contribution in [3.63, 3.8) is 0 Å². The van der Waals surface area contributed by atoms with Crippen molar-refractivity contribution in [3.8, 4) is 0 Å². The zero-order chi connectivity index (χ0) is 29.6. The highest BCUT2D eigenvalue weighted by Gasteiger charge is 2.42. The molecule has 0 unspecified atom stereocenters. The Bertz CT molecular complexity index is 1240. The van der Waals surface area contributed by atoms with Gasteiger partial charge in [0.15, 0.2) is 5.78 Å². The number of fused-ring (bicyclic) bond motifs is 2. The zero-order valence-electron chi connectivity index (χ0n) is 25.1. The molecule has 1 aromatic heterocycles. The smallest absolute Gasteiger partial charge is 0.251 e. The Kier molecular flexibility index (Phi) is 9.77. The number of Topliss-reactive ketones (excluding diaryl/α,β-unsaturated/α-hetero) is 1. The molecule has 3 aliphatic heterocycles. The average molecular weight is 575 g/mol. The fourth-order valence-electron chi connectivity index (χ4n) is 6.96. The number of pyridine rings is 1. The summed E-state index contributed by atoms with van der Waals surface area (Å²) in [6.07, 6.45) is 11.7. The maximum absolute atomic E-state index is 13.3. The van der Waals surface area contributed by atoms with Gasteiger partial charge in [-0.2, -0.15) is 0 Å². The number of amides is 2. The van der Waals surface area contributed by atoms with Crippen LogP contribution in [-0.4, -0.2) is 71.3 Å². The Labute approximate surface area is 249 Å². The number of carbonyl (C=O) groups excluding carboxylic acids is 3. The molecule has 0 spiro atoms. The highest BCUT2D eigenvalue weighted by atomic mass is 16.2. The first-order valence-corrected chi connectivity index (χ1v) is 15.9. The molecular weight excluding hydrogens is 528 g/mol. The van der Waals surface area contributed by atoms with E-state index in [-0.39, 0.29) is 23.8 Å². The van der Waals surface area contributed by atoms with Crippen molar-refractivity contribution in [2.75, 3.05) is 29.9 Å². The third kappa shape index (κ3) is 6.94. The number of carbonyl (C=O) groups is 3. The van der Waals surface area contributed by atoms with Gasteiger partial charge in [0.05, 0.1) is 5.56 Å². The molecule has 9 nitrogen and oxygen atoms in total. The van der Waals surface area contributed by atoms with Crippen LogP contribution >= 0.6 is 0 Å². The van der Waals surface area contributed by atoms with Crippen LogP contribution in [0, 0.1) is 0 Å². The Morgan fingerprint density at radius 3 is 2.29 bits per heavy atom. The number of benzene rings is 1. The van der Waals surface area contributed by atoms with Crippen molar-refractivity contribution in [2.24, 2.45) is 5.73 Å². The van der Waals surface area contributed by atoms with Crippen LogP contribution in [0.1, 0.15) is 109 Å². The number of nitrogens with zero attached hydrogens (tertiary/aromatic N) is 3. The summed E-state index contributed by atoms with van der Waals surface area (Å²) in [5.41, 5.74) is 7.81. The lowest BCUT2D eigenvalue weighted by Gasteiger charge is -2.40. The summed E-state index contributed by atoms with van der Waals surface area (Å²) in [5.74, 6) is 0.426. The topological polar surface area (TPSA) is 121 Å². The summed E-state index contributed by atoms with van der Waals surface area (Å²) in [7, 11) is 0. The molecular formula is C33H46N6O3. The molecule has 2 bridgehead atoms. The van der Waals surface area contributed by atoms with Gasteiger partial charge in [-0.3, -0.25) is 14.4 Å². The number of nitrogens with two attached hydrogens (primary N) is 1. The molecule has 4 N–H and O–H groups in total. The first-order valence-electron chi connectivity index (χ1n) is 15.9. The second-order valence-electron chi connectivity index (χ2n) is 12.2. The van der Waals surface area contributed by atoms with Crippen molar-refractivity contribution in [2.45, 2.75) is 102 Å². The highest BCUT2D eigenvalue weighted by Crippen LogP contribution is 2.38. The van der Waals surface area contributed by atoms with E-state index in [1.807, 2.05) is 12.1 Å². The molecule has 4 heterocycles. The van der Waals surface area contributed by atoms with Crippen molar-refractivity contribution < 1.29 is 14.4 Å². The lowest BCUT2D eigenvalue weighted by atomic mass is 9.96. The number of ketones is 1. The van der Waals surface area contributed by atoms with Crippen molar-refractivity contribution in [1.29, 1.82) is 0 Å². The maximum Gasteiger partial charge on any atom is 0.251 e. The Hall–Kier alpha value is -3.46. The van der Waals surface area contributed by atoms with Crippen molar-refractivity contribution >= 4 is 29.1 Å². The Morgan fingerprint density at radius 1 is 0.976 bits per heavy atom. The number of piperidine rings is 2. The first kappa shape index (κ1) is 30.0. The van der Waals surface area contributed by atoms with E-state index in [1.54, 1.807) is 24.4 Å². The second kappa shape index (κ2) is 13.7. The number of primary amides is 1. The number of rotatable bonds is 12. The molecule has 226 valence electrons. The van der Waals surface area contributed by atoms with E-state index < -0.39 is 5.91 Å². The summed E-state index contributed by atoms with van der Waals surface area (Å²) >= 11 is 0. The highest BCUT2D eigenvalue weighted by molar-refractivity contribution is 6.02.